The second-order valence-electron chi connectivity index (χ2n) is 6.12. The minimum atomic E-state index is 0.258. The third-order valence-electron chi connectivity index (χ3n) is 4.07. The summed E-state index contributed by atoms with van der Waals surface area (Å²) < 4.78 is 16.3. The second-order valence-corrected chi connectivity index (χ2v) is 6.12. The molecule has 27 heavy (non-hydrogen) atoms. The van der Waals surface area contributed by atoms with Gasteiger partial charge in [-0.3, -0.25) is 9.98 Å². The fourth-order valence-corrected chi connectivity index (χ4v) is 2.64. The quantitative estimate of drug-likeness (QED) is 0.381. The number of pyridine rings is 1. The molecular weight excluding hydrogens is 348 g/mol. The average Bonchev–Trinajstić information content (AvgIpc) is 3.39. The summed E-state index contributed by atoms with van der Waals surface area (Å²) in [7, 11) is 1.75. The van der Waals surface area contributed by atoms with E-state index in [0.29, 0.717) is 30.4 Å². The summed E-state index contributed by atoms with van der Waals surface area (Å²) in [5.74, 6) is 1.80. The van der Waals surface area contributed by atoms with Gasteiger partial charge in [-0.15, -0.1) is 0 Å². The zero-order valence-electron chi connectivity index (χ0n) is 15.6. The normalized spacial score (nSPS) is 17.2. The molecule has 2 N–H and O–H groups in total. The topological polar surface area (TPSA) is 107 Å². The molecule has 1 aliphatic rings. The molecule has 0 aromatic carbocycles. The molecule has 1 fully saturated rings. The number of hydrogen-bond donors (Lipinski definition) is 2. The van der Waals surface area contributed by atoms with Crippen molar-refractivity contribution >= 4 is 5.96 Å². The van der Waals surface area contributed by atoms with E-state index in [1.54, 1.807) is 13.2 Å². The van der Waals surface area contributed by atoms with Gasteiger partial charge >= 0.3 is 0 Å². The number of guanidine groups is 1. The lowest BCUT2D eigenvalue weighted by Crippen LogP contribution is -2.39. The monoisotopic (exact) mass is 374 g/mol. The Bertz CT molecular complexity index is 700. The van der Waals surface area contributed by atoms with Crippen molar-refractivity contribution in [3.63, 3.8) is 0 Å². The molecule has 146 valence electrons. The summed E-state index contributed by atoms with van der Waals surface area (Å²) >= 11 is 0. The second kappa shape index (κ2) is 10.6. The molecule has 1 unspecified atom stereocenters. The van der Waals surface area contributed by atoms with Gasteiger partial charge in [0, 0.05) is 46.0 Å². The van der Waals surface area contributed by atoms with Crippen LogP contribution in [0.5, 0.6) is 0 Å². The lowest BCUT2D eigenvalue weighted by Gasteiger charge is -2.12. The van der Waals surface area contributed by atoms with Crippen LogP contribution in [0.15, 0.2) is 33.9 Å². The van der Waals surface area contributed by atoms with Gasteiger partial charge in [0.15, 0.2) is 11.8 Å². The number of hydrogen-bond acceptors (Lipinski definition) is 7. The lowest BCUT2D eigenvalue weighted by molar-refractivity contribution is 0.0420. The van der Waals surface area contributed by atoms with Crippen molar-refractivity contribution in [2.75, 3.05) is 40.0 Å². The van der Waals surface area contributed by atoms with Gasteiger partial charge in [-0.1, -0.05) is 11.2 Å². The standard InChI is InChI=1S/C18H26N6O3/c1-19-18(21-9-4-11-26-14-7-12-25-13-14)22-10-6-16-23-17(27-24-16)15-5-2-3-8-20-15/h2-3,5,8,14H,4,6-7,9-13H2,1H3,(H2,19,21,22). The first-order chi connectivity index (χ1) is 13.3. The van der Waals surface area contributed by atoms with E-state index in [-0.39, 0.29) is 6.10 Å². The van der Waals surface area contributed by atoms with Crippen LogP contribution in [-0.4, -0.2) is 67.1 Å². The molecule has 0 spiro atoms. The fraction of sp³-hybridized carbons (Fsp3) is 0.556. The molecule has 3 rings (SSSR count). The molecule has 2 aromatic rings. The number of nitrogens with one attached hydrogen (secondary N) is 2. The molecule has 0 aliphatic carbocycles. The summed E-state index contributed by atoms with van der Waals surface area (Å²) in [6, 6.07) is 5.57. The first kappa shape index (κ1) is 19.2. The summed E-state index contributed by atoms with van der Waals surface area (Å²) in [5, 5.41) is 10.5. The van der Waals surface area contributed by atoms with Gasteiger partial charge in [0.1, 0.15) is 5.69 Å². The lowest BCUT2D eigenvalue weighted by atomic mass is 10.3. The van der Waals surface area contributed by atoms with Gasteiger partial charge < -0.3 is 24.6 Å². The van der Waals surface area contributed by atoms with Gasteiger partial charge in [0.05, 0.1) is 12.7 Å². The molecule has 0 radical (unpaired) electrons. The van der Waals surface area contributed by atoms with E-state index in [9.17, 15) is 0 Å². The zero-order valence-corrected chi connectivity index (χ0v) is 15.6. The average molecular weight is 374 g/mol. The number of aliphatic imine (C=N–C) groups is 1. The molecular formula is C18H26N6O3. The highest BCUT2D eigenvalue weighted by atomic mass is 16.5. The molecule has 1 saturated heterocycles. The van der Waals surface area contributed by atoms with Crippen LogP contribution in [0, 0.1) is 0 Å². The maximum atomic E-state index is 5.74. The van der Waals surface area contributed by atoms with Crippen LogP contribution in [0.25, 0.3) is 11.6 Å². The van der Waals surface area contributed by atoms with E-state index in [2.05, 4.69) is 30.8 Å². The largest absolute Gasteiger partial charge is 0.379 e. The summed E-state index contributed by atoms with van der Waals surface area (Å²) in [6.45, 7) is 3.69. The van der Waals surface area contributed by atoms with E-state index in [0.717, 1.165) is 45.2 Å². The van der Waals surface area contributed by atoms with Crippen molar-refractivity contribution in [1.29, 1.82) is 0 Å². The van der Waals surface area contributed by atoms with E-state index in [1.807, 2.05) is 18.2 Å². The molecule has 0 amide bonds. The molecule has 9 heteroatoms. The highest BCUT2D eigenvalue weighted by Gasteiger charge is 2.15. The van der Waals surface area contributed by atoms with Crippen LogP contribution in [0.1, 0.15) is 18.7 Å². The maximum absolute atomic E-state index is 5.74. The molecule has 0 bridgehead atoms. The predicted molar refractivity (Wildman–Crippen MR) is 100 cm³/mol. The van der Waals surface area contributed by atoms with Crippen LogP contribution in [0.3, 0.4) is 0 Å². The van der Waals surface area contributed by atoms with Crippen LogP contribution in [-0.2, 0) is 15.9 Å². The van der Waals surface area contributed by atoms with E-state index in [1.165, 1.54) is 0 Å². The van der Waals surface area contributed by atoms with Crippen LogP contribution in [0.2, 0.25) is 0 Å². The third kappa shape index (κ3) is 6.30. The smallest absolute Gasteiger partial charge is 0.276 e. The van der Waals surface area contributed by atoms with Crippen molar-refractivity contribution in [1.82, 2.24) is 25.8 Å². The van der Waals surface area contributed by atoms with Crippen LogP contribution < -0.4 is 10.6 Å². The molecule has 1 aliphatic heterocycles. The number of rotatable bonds is 9. The van der Waals surface area contributed by atoms with Crippen molar-refractivity contribution in [3.05, 3.63) is 30.2 Å². The van der Waals surface area contributed by atoms with Crippen LogP contribution in [0.4, 0.5) is 0 Å². The van der Waals surface area contributed by atoms with Gasteiger partial charge in [-0.2, -0.15) is 4.98 Å². The van der Waals surface area contributed by atoms with Crippen molar-refractivity contribution in [3.8, 4) is 11.6 Å². The Morgan fingerprint density at radius 2 is 2.26 bits per heavy atom. The Hall–Kier alpha value is -2.52. The van der Waals surface area contributed by atoms with Gasteiger partial charge in [0.2, 0.25) is 0 Å². The number of aromatic nitrogens is 3. The number of ether oxygens (including phenoxy) is 2. The van der Waals surface area contributed by atoms with Crippen LogP contribution >= 0.6 is 0 Å². The Balaban J connectivity index is 1.31. The molecule has 3 heterocycles. The SMILES string of the molecule is CN=C(NCCCOC1CCOC1)NCCc1noc(-c2ccccn2)n1. The molecule has 1 atom stereocenters. The van der Waals surface area contributed by atoms with E-state index in [4.69, 9.17) is 14.0 Å². The fourth-order valence-electron chi connectivity index (χ4n) is 2.64. The van der Waals surface area contributed by atoms with Gasteiger partial charge in [0.25, 0.3) is 5.89 Å². The Morgan fingerprint density at radius 3 is 3.04 bits per heavy atom. The first-order valence-corrected chi connectivity index (χ1v) is 9.23. The molecule has 0 saturated carbocycles. The molecule has 9 nitrogen and oxygen atoms in total. The van der Waals surface area contributed by atoms with Crippen molar-refractivity contribution in [2.45, 2.75) is 25.4 Å². The Morgan fingerprint density at radius 1 is 1.33 bits per heavy atom. The number of nitrogens with zero attached hydrogens (tertiary/aromatic N) is 4. The highest BCUT2D eigenvalue weighted by molar-refractivity contribution is 5.79. The summed E-state index contributed by atoms with van der Waals surface area (Å²) in [6.07, 6.45) is 4.49. The highest BCUT2D eigenvalue weighted by Crippen LogP contribution is 2.13. The van der Waals surface area contributed by atoms with E-state index >= 15 is 0 Å². The Kier molecular flexibility index (Phi) is 7.55. The van der Waals surface area contributed by atoms with Crippen molar-refractivity contribution < 1.29 is 14.0 Å². The maximum Gasteiger partial charge on any atom is 0.276 e. The Labute approximate surface area is 158 Å². The predicted octanol–water partition coefficient (Wildman–Crippen LogP) is 1.03. The third-order valence-corrected chi connectivity index (χ3v) is 4.07. The summed E-state index contributed by atoms with van der Waals surface area (Å²) in [4.78, 5) is 12.8. The first-order valence-electron chi connectivity index (χ1n) is 9.23. The minimum Gasteiger partial charge on any atom is -0.379 e. The zero-order chi connectivity index (χ0) is 18.7. The van der Waals surface area contributed by atoms with Gasteiger partial charge in [-0.25, -0.2) is 0 Å². The van der Waals surface area contributed by atoms with Crippen molar-refractivity contribution in [2.24, 2.45) is 4.99 Å². The summed E-state index contributed by atoms with van der Waals surface area (Å²) in [5.41, 5.74) is 0.674. The minimum absolute atomic E-state index is 0.258. The molecule has 2 aromatic heterocycles. The van der Waals surface area contributed by atoms with Gasteiger partial charge in [-0.05, 0) is 25.0 Å². The van der Waals surface area contributed by atoms with E-state index < -0.39 is 0 Å².